The van der Waals surface area contributed by atoms with Crippen LogP contribution in [-0.4, -0.2) is 16.4 Å². The summed E-state index contributed by atoms with van der Waals surface area (Å²) in [5.41, 5.74) is -0.237. The molecule has 0 aliphatic carbocycles. The molecule has 0 aromatic rings. The molecule has 0 aromatic heterocycles. The molecule has 0 heterocycles. The number of allylic oxidation sites excluding steroid dienone is 1. The van der Waals surface area contributed by atoms with Crippen molar-refractivity contribution in [2.45, 2.75) is 20.3 Å². The Hall–Kier alpha value is -0.590. The van der Waals surface area contributed by atoms with Crippen molar-refractivity contribution >= 4 is 7.82 Å². The van der Waals surface area contributed by atoms with Crippen molar-refractivity contribution in [1.82, 2.24) is 0 Å². The molecule has 14 heavy (non-hydrogen) atoms. The molecule has 0 saturated heterocycles. The van der Waals surface area contributed by atoms with E-state index in [1.807, 2.05) is 13.8 Å². The molecule has 0 aliphatic rings. The Labute approximate surface area is 84.2 Å². The van der Waals surface area contributed by atoms with Crippen LogP contribution in [0.3, 0.4) is 0 Å². The molecule has 80 valence electrons. The predicted octanol–water partition coefficient (Wildman–Crippen LogP) is 1.70. The van der Waals surface area contributed by atoms with E-state index in [9.17, 15) is 4.57 Å². The number of hydrogen-bond donors (Lipinski definition) is 2. The highest BCUT2D eigenvalue weighted by Gasteiger charge is 2.12. The summed E-state index contributed by atoms with van der Waals surface area (Å²) in [7, 11) is -4.35. The Morgan fingerprint density at radius 1 is 1.50 bits per heavy atom. The van der Waals surface area contributed by atoms with Gasteiger partial charge in [0.1, 0.15) is 0 Å². The normalized spacial score (nSPS) is 13.1. The quantitative estimate of drug-likeness (QED) is 0.418. The number of hydrogen-bond acceptors (Lipinski definition) is 2. The number of phosphoric ester groups is 1. The minimum Gasteiger partial charge on any atom is -0.303 e. The molecule has 5 heteroatoms. The van der Waals surface area contributed by atoms with Crippen molar-refractivity contribution in [3.63, 3.8) is 0 Å². The average molecular weight is 218 g/mol. The number of phosphoric acid groups is 1. The third-order valence-corrected chi connectivity index (χ3v) is 2.01. The zero-order chi connectivity index (χ0) is 11.2. The molecular formula is C9H15O4P. The summed E-state index contributed by atoms with van der Waals surface area (Å²) in [6.45, 7) is 3.70. The molecule has 0 saturated carbocycles. The van der Waals surface area contributed by atoms with Gasteiger partial charge in [-0.25, -0.2) is 4.57 Å². The topological polar surface area (TPSA) is 66.8 Å². The summed E-state index contributed by atoms with van der Waals surface area (Å²) in [4.78, 5) is 16.7. The molecule has 0 rings (SSSR count). The number of rotatable bonds is 5. The van der Waals surface area contributed by atoms with Crippen LogP contribution in [0.2, 0.25) is 0 Å². The lowest BCUT2D eigenvalue weighted by Gasteiger charge is -2.13. The molecule has 4 nitrogen and oxygen atoms in total. The van der Waals surface area contributed by atoms with E-state index in [0.717, 1.165) is 0 Å². The first-order chi connectivity index (χ1) is 6.27. The lowest BCUT2D eigenvalue weighted by atomic mass is 9.91. The van der Waals surface area contributed by atoms with Gasteiger partial charge in [0.25, 0.3) is 0 Å². The highest BCUT2D eigenvalue weighted by atomic mass is 31.2. The Morgan fingerprint density at radius 2 is 2.07 bits per heavy atom. The molecule has 0 aliphatic heterocycles. The van der Waals surface area contributed by atoms with Gasteiger partial charge in [-0.15, -0.1) is 12.3 Å². The second-order valence-corrected chi connectivity index (χ2v) is 4.73. The van der Waals surface area contributed by atoms with Crippen LogP contribution in [0.15, 0.2) is 12.2 Å². The molecular weight excluding hydrogens is 203 g/mol. The molecule has 0 radical (unpaired) electrons. The summed E-state index contributed by atoms with van der Waals surface area (Å²) >= 11 is 0. The molecule has 0 spiro atoms. The van der Waals surface area contributed by atoms with Gasteiger partial charge in [0, 0.05) is 5.41 Å². The maximum Gasteiger partial charge on any atom is 0.469 e. The minimum absolute atomic E-state index is 0.106. The Bertz CT molecular complexity index is 282. The maximum absolute atomic E-state index is 10.3. The van der Waals surface area contributed by atoms with Gasteiger partial charge >= 0.3 is 7.82 Å². The van der Waals surface area contributed by atoms with Gasteiger partial charge in [0.05, 0.1) is 6.61 Å². The lowest BCUT2D eigenvalue weighted by Crippen LogP contribution is -2.05. The van der Waals surface area contributed by atoms with Crippen LogP contribution in [0.1, 0.15) is 20.3 Å². The van der Waals surface area contributed by atoms with E-state index in [4.69, 9.17) is 16.2 Å². The van der Waals surface area contributed by atoms with Gasteiger partial charge in [-0.3, -0.25) is 4.52 Å². The second-order valence-electron chi connectivity index (χ2n) is 3.49. The standard InChI is InChI=1S/C9H15O4P/c1-4-9(2,3)7-5-6-8-13-14(10,11)12/h1,5-6H,7-8H2,2-3H3,(H2,10,11,12). The predicted molar refractivity (Wildman–Crippen MR) is 54.4 cm³/mol. The van der Waals surface area contributed by atoms with Gasteiger partial charge in [0.15, 0.2) is 0 Å². The van der Waals surface area contributed by atoms with Gasteiger partial charge < -0.3 is 9.79 Å². The van der Waals surface area contributed by atoms with Gasteiger partial charge in [-0.05, 0) is 20.3 Å². The van der Waals surface area contributed by atoms with Crippen LogP contribution >= 0.6 is 7.82 Å². The van der Waals surface area contributed by atoms with E-state index >= 15 is 0 Å². The molecule has 0 atom stereocenters. The van der Waals surface area contributed by atoms with Crippen LogP contribution in [0.5, 0.6) is 0 Å². The van der Waals surface area contributed by atoms with Crippen molar-refractivity contribution in [3.05, 3.63) is 12.2 Å². The first-order valence-corrected chi connectivity index (χ1v) is 5.63. The van der Waals surface area contributed by atoms with Gasteiger partial charge in [-0.1, -0.05) is 12.2 Å². The first kappa shape index (κ1) is 13.4. The summed E-state index contributed by atoms with van der Waals surface area (Å²) in [5.74, 6) is 2.60. The molecule has 0 amide bonds. The fraction of sp³-hybridized carbons (Fsp3) is 0.556. The molecule has 0 aromatic carbocycles. The van der Waals surface area contributed by atoms with Crippen LogP contribution in [-0.2, 0) is 9.09 Å². The Kier molecular flexibility index (Phi) is 5.11. The third kappa shape index (κ3) is 8.03. The fourth-order valence-corrected chi connectivity index (χ4v) is 0.925. The summed E-state index contributed by atoms with van der Waals surface area (Å²) in [6, 6.07) is 0. The molecule has 0 unspecified atom stereocenters. The molecule has 0 bridgehead atoms. The monoisotopic (exact) mass is 218 g/mol. The zero-order valence-corrected chi connectivity index (χ0v) is 9.20. The minimum atomic E-state index is -4.35. The lowest BCUT2D eigenvalue weighted by molar-refractivity contribution is 0.215. The van der Waals surface area contributed by atoms with E-state index in [0.29, 0.717) is 6.42 Å². The largest absolute Gasteiger partial charge is 0.469 e. The molecule has 2 N–H and O–H groups in total. The first-order valence-electron chi connectivity index (χ1n) is 4.10. The van der Waals surface area contributed by atoms with E-state index in [2.05, 4.69) is 10.4 Å². The third-order valence-electron chi connectivity index (χ3n) is 1.52. The van der Waals surface area contributed by atoms with Crippen molar-refractivity contribution in [2.24, 2.45) is 5.41 Å². The highest BCUT2D eigenvalue weighted by Crippen LogP contribution is 2.35. The fourth-order valence-electron chi connectivity index (χ4n) is 0.645. The second kappa shape index (κ2) is 5.33. The van der Waals surface area contributed by atoms with Crippen LogP contribution in [0, 0.1) is 17.8 Å². The van der Waals surface area contributed by atoms with Crippen LogP contribution < -0.4 is 0 Å². The Morgan fingerprint density at radius 3 is 2.50 bits per heavy atom. The zero-order valence-electron chi connectivity index (χ0n) is 8.30. The van der Waals surface area contributed by atoms with Gasteiger partial charge in [0.2, 0.25) is 0 Å². The van der Waals surface area contributed by atoms with E-state index in [1.54, 1.807) is 6.08 Å². The SMILES string of the molecule is C#CC(C)(C)CC=CCOP(=O)(O)O. The van der Waals surface area contributed by atoms with Crippen molar-refractivity contribution in [3.8, 4) is 12.3 Å². The number of terminal acetylenes is 1. The van der Waals surface area contributed by atoms with E-state index in [1.165, 1.54) is 6.08 Å². The van der Waals surface area contributed by atoms with E-state index in [-0.39, 0.29) is 12.0 Å². The van der Waals surface area contributed by atoms with Crippen molar-refractivity contribution in [1.29, 1.82) is 0 Å². The summed E-state index contributed by atoms with van der Waals surface area (Å²) < 4.78 is 14.5. The highest BCUT2D eigenvalue weighted by molar-refractivity contribution is 7.46. The van der Waals surface area contributed by atoms with Crippen molar-refractivity contribution in [2.75, 3.05) is 6.61 Å². The van der Waals surface area contributed by atoms with Crippen LogP contribution in [0.4, 0.5) is 0 Å². The Balaban J connectivity index is 3.78. The average Bonchev–Trinajstić information content (AvgIpc) is 2.01. The molecule has 0 fully saturated rings. The van der Waals surface area contributed by atoms with Crippen LogP contribution in [0.25, 0.3) is 0 Å². The van der Waals surface area contributed by atoms with Crippen molar-refractivity contribution < 1.29 is 18.9 Å². The summed E-state index contributed by atoms with van der Waals surface area (Å²) in [6.07, 6.45) is 9.18. The summed E-state index contributed by atoms with van der Waals surface area (Å²) in [5, 5.41) is 0. The van der Waals surface area contributed by atoms with Gasteiger partial charge in [-0.2, -0.15) is 0 Å². The smallest absolute Gasteiger partial charge is 0.303 e. The van der Waals surface area contributed by atoms with E-state index < -0.39 is 7.82 Å². The maximum atomic E-state index is 10.3.